The van der Waals surface area contributed by atoms with E-state index in [0.717, 1.165) is 0 Å². The highest BCUT2D eigenvalue weighted by atomic mass is 19.3. The predicted octanol–water partition coefficient (Wildman–Crippen LogP) is 3.48. The van der Waals surface area contributed by atoms with Crippen molar-refractivity contribution >= 4 is 11.8 Å². The summed E-state index contributed by atoms with van der Waals surface area (Å²) >= 11 is 0. The Kier molecular flexibility index (Phi) is 5.80. The molecular weight excluding hydrogens is 264 g/mol. The van der Waals surface area contributed by atoms with Crippen LogP contribution in [-0.2, 0) is 9.59 Å². The Morgan fingerprint density at radius 3 is 2.45 bits per heavy atom. The third-order valence-electron chi connectivity index (χ3n) is 3.18. The summed E-state index contributed by atoms with van der Waals surface area (Å²) in [5.74, 6) is -1.23. The molecule has 1 aliphatic rings. The zero-order valence-corrected chi connectivity index (χ0v) is 11.9. The number of imide groups is 1. The molecule has 110 valence electrons. The largest absolute Gasteiger partial charge is 0.296 e. The number of piperidine rings is 1. The number of hydrogen-bond donors (Lipinski definition) is 1. The van der Waals surface area contributed by atoms with Crippen molar-refractivity contribution < 1.29 is 18.4 Å². The predicted molar refractivity (Wildman–Crippen MR) is 72.6 cm³/mol. The van der Waals surface area contributed by atoms with Crippen LogP contribution in [0, 0.1) is 6.92 Å². The minimum atomic E-state index is -2.56. The highest BCUT2D eigenvalue weighted by Gasteiger charge is 2.28. The zero-order chi connectivity index (χ0) is 15.3. The molecule has 1 saturated heterocycles. The van der Waals surface area contributed by atoms with Gasteiger partial charge in [-0.1, -0.05) is 26.0 Å². The standard InChI is InChI=1S/C13H13F2NO2.C2H6/c1-7-2-3-8(6-10(7)12(14)15)9-4-5-11(17)16-13(9)18;1-2/h2-3,6,9,12H,4-5H2,1H3,(H,16,17,18);1-2H3. The molecule has 1 aliphatic heterocycles. The molecule has 1 aromatic rings. The molecule has 2 rings (SSSR count). The van der Waals surface area contributed by atoms with Crippen molar-refractivity contribution in [3.8, 4) is 0 Å². The van der Waals surface area contributed by atoms with Crippen LogP contribution < -0.4 is 5.32 Å². The summed E-state index contributed by atoms with van der Waals surface area (Å²) in [6, 6.07) is 4.61. The zero-order valence-electron chi connectivity index (χ0n) is 11.9. The molecule has 0 radical (unpaired) electrons. The molecule has 0 saturated carbocycles. The van der Waals surface area contributed by atoms with Crippen LogP contribution in [0.3, 0.4) is 0 Å². The summed E-state index contributed by atoms with van der Waals surface area (Å²) < 4.78 is 25.6. The summed E-state index contributed by atoms with van der Waals surface area (Å²) in [4.78, 5) is 22.7. The first-order valence-electron chi connectivity index (χ1n) is 6.71. The smallest absolute Gasteiger partial charge is 0.264 e. The molecule has 5 heteroatoms. The van der Waals surface area contributed by atoms with Gasteiger partial charge in [0.15, 0.2) is 0 Å². The molecule has 0 bridgehead atoms. The van der Waals surface area contributed by atoms with Crippen molar-refractivity contribution in [2.24, 2.45) is 0 Å². The number of halogens is 2. The fourth-order valence-corrected chi connectivity index (χ4v) is 2.12. The number of rotatable bonds is 2. The number of amides is 2. The SMILES string of the molecule is CC.Cc1ccc(C2CCC(=O)NC2=O)cc1C(F)F. The van der Waals surface area contributed by atoms with Crippen molar-refractivity contribution in [1.82, 2.24) is 5.32 Å². The Labute approximate surface area is 117 Å². The van der Waals surface area contributed by atoms with E-state index in [-0.39, 0.29) is 17.9 Å². The first kappa shape index (κ1) is 16.3. The number of nitrogens with one attached hydrogen (secondary N) is 1. The quantitative estimate of drug-likeness (QED) is 0.845. The lowest BCUT2D eigenvalue weighted by atomic mass is 9.89. The van der Waals surface area contributed by atoms with E-state index in [2.05, 4.69) is 5.32 Å². The topological polar surface area (TPSA) is 46.2 Å². The maximum atomic E-state index is 12.8. The Hall–Kier alpha value is -1.78. The summed E-state index contributed by atoms with van der Waals surface area (Å²) in [6.45, 7) is 5.61. The van der Waals surface area contributed by atoms with Crippen LogP contribution in [0.5, 0.6) is 0 Å². The molecule has 1 N–H and O–H groups in total. The van der Waals surface area contributed by atoms with E-state index < -0.39 is 18.3 Å². The molecule has 0 aliphatic carbocycles. The van der Waals surface area contributed by atoms with Gasteiger partial charge in [-0.25, -0.2) is 8.78 Å². The van der Waals surface area contributed by atoms with Crippen molar-refractivity contribution in [3.05, 3.63) is 34.9 Å². The number of carbonyl (C=O) groups excluding carboxylic acids is 2. The van der Waals surface area contributed by atoms with Gasteiger partial charge in [-0.3, -0.25) is 14.9 Å². The minimum Gasteiger partial charge on any atom is -0.296 e. The normalized spacial score (nSPS) is 18.4. The lowest BCUT2D eigenvalue weighted by Crippen LogP contribution is -2.39. The first-order chi connectivity index (χ1) is 9.49. The van der Waals surface area contributed by atoms with Crippen molar-refractivity contribution in [3.63, 3.8) is 0 Å². The molecule has 3 nitrogen and oxygen atoms in total. The number of carbonyl (C=O) groups is 2. The average Bonchev–Trinajstić information content (AvgIpc) is 2.42. The Bertz CT molecular complexity index is 501. The van der Waals surface area contributed by atoms with E-state index in [1.807, 2.05) is 13.8 Å². The van der Waals surface area contributed by atoms with Crippen LogP contribution in [0.25, 0.3) is 0 Å². The van der Waals surface area contributed by atoms with Crippen LogP contribution in [0.1, 0.15) is 55.7 Å². The molecule has 0 aromatic heterocycles. The fraction of sp³-hybridized carbons (Fsp3) is 0.467. The van der Waals surface area contributed by atoms with Gasteiger partial charge in [-0.2, -0.15) is 0 Å². The van der Waals surface area contributed by atoms with Gasteiger partial charge >= 0.3 is 0 Å². The Morgan fingerprint density at radius 2 is 1.90 bits per heavy atom. The summed E-state index contributed by atoms with van der Waals surface area (Å²) in [7, 11) is 0. The molecular formula is C15H19F2NO2. The van der Waals surface area contributed by atoms with Crippen molar-refractivity contribution in [1.29, 1.82) is 0 Å². The van der Waals surface area contributed by atoms with Gasteiger partial charge in [0.1, 0.15) is 0 Å². The molecule has 0 spiro atoms. The lowest BCUT2D eigenvalue weighted by molar-refractivity contribution is -0.134. The maximum absolute atomic E-state index is 12.8. The number of hydrogen-bond acceptors (Lipinski definition) is 2. The Morgan fingerprint density at radius 1 is 1.25 bits per heavy atom. The second-order valence-corrected chi connectivity index (χ2v) is 4.42. The highest BCUT2D eigenvalue weighted by molar-refractivity contribution is 6.00. The van der Waals surface area contributed by atoms with Gasteiger partial charge in [0.2, 0.25) is 11.8 Å². The summed E-state index contributed by atoms with van der Waals surface area (Å²) in [5.41, 5.74) is 0.985. The third kappa shape index (κ3) is 3.62. The maximum Gasteiger partial charge on any atom is 0.264 e. The Balaban J connectivity index is 0.000000956. The molecule has 1 atom stereocenters. The van der Waals surface area contributed by atoms with Gasteiger partial charge in [0.05, 0.1) is 5.92 Å². The number of aryl methyl sites for hydroxylation is 1. The highest BCUT2D eigenvalue weighted by Crippen LogP contribution is 2.30. The van der Waals surface area contributed by atoms with Gasteiger partial charge in [-0.05, 0) is 30.5 Å². The second-order valence-electron chi connectivity index (χ2n) is 4.42. The van der Waals surface area contributed by atoms with Crippen LogP contribution in [0.15, 0.2) is 18.2 Å². The number of alkyl halides is 2. The average molecular weight is 283 g/mol. The van der Waals surface area contributed by atoms with Crippen molar-refractivity contribution in [2.75, 3.05) is 0 Å². The van der Waals surface area contributed by atoms with Gasteiger partial charge in [-0.15, -0.1) is 0 Å². The van der Waals surface area contributed by atoms with E-state index in [1.165, 1.54) is 6.07 Å². The van der Waals surface area contributed by atoms with Crippen molar-refractivity contribution in [2.45, 2.75) is 46.0 Å². The fourth-order valence-electron chi connectivity index (χ4n) is 2.12. The summed E-state index contributed by atoms with van der Waals surface area (Å²) in [5, 5.41) is 2.23. The van der Waals surface area contributed by atoms with E-state index in [0.29, 0.717) is 17.5 Å². The lowest BCUT2D eigenvalue weighted by Gasteiger charge is -2.22. The van der Waals surface area contributed by atoms with Gasteiger partial charge < -0.3 is 0 Å². The van der Waals surface area contributed by atoms with E-state index in [4.69, 9.17) is 0 Å². The minimum absolute atomic E-state index is 0.0581. The first-order valence-corrected chi connectivity index (χ1v) is 6.71. The molecule has 20 heavy (non-hydrogen) atoms. The van der Waals surface area contributed by atoms with Crippen LogP contribution in [-0.4, -0.2) is 11.8 Å². The summed E-state index contributed by atoms with van der Waals surface area (Å²) in [6.07, 6.45) is -1.94. The van der Waals surface area contributed by atoms with Gasteiger partial charge in [0, 0.05) is 12.0 Å². The molecule has 1 heterocycles. The number of benzene rings is 1. The van der Waals surface area contributed by atoms with Crippen LogP contribution in [0.2, 0.25) is 0 Å². The molecule has 1 fully saturated rings. The molecule has 2 amide bonds. The second kappa shape index (κ2) is 7.12. The van der Waals surface area contributed by atoms with Crippen LogP contribution in [0.4, 0.5) is 8.78 Å². The van der Waals surface area contributed by atoms with E-state index >= 15 is 0 Å². The third-order valence-corrected chi connectivity index (χ3v) is 3.18. The molecule has 1 unspecified atom stereocenters. The van der Waals surface area contributed by atoms with Gasteiger partial charge in [0.25, 0.3) is 6.43 Å². The van der Waals surface area contributed by atoms with E-state index in [9.17, 15) is 18.4 Å². The molecule has 1 aromatic carbocycles. The van der Waals surface area contributed by atoms with E-state index in [1.54, 1.807) is 19.1 Å². The monoisotopic (exact) mass is 283 g/mol. The van der Waals surface area contributed by atoms with Crippen LogP contribution >= 0.6 is 0 Å².